The Morgan fingerprint density at radius 3 is 2.69 bits per heavy atom. The van der Waals surface area contributed by atoms with E-state index in [9.17, 15) is 4.79 Å². The summed E-state index contributed by atoms with van der Waals surface area (Å²) in [5.74, 6) is 0. The molecule has 2 nitrogen and oxygen atoms in total. The zero-order chi connectivity index (χ0) is 9.84. The van der Waals surface area contributed by atoms with Crippen LogP contribution < -0.4 is 0 Å². The summed E-state index contributed by atoms with van der Waals surface area (Å²) in [7, 11) is 4.14. The summed E-state index contributed by atoms with van der Waals surface area (Å²) in [5.41, 5.74) is 0. The first-order chi connectivity index (χ1) is 6.13. The van der Waals surface area contributed by atoms with Gasteiger partial charge in [-0.3, -0.25) is 4.79 Å². The van der Waals surface area contributed by atoms with Crippen LogP contribution in [0.1, 0.15) is 21.5 Å². The summed E-state index contributed by atoms with van der Waals surface area (Å²) in [4.78, 5) is 14.7. The molecule has 0 aliphatic carbocycles. The number of nitrogens with zero attached hydrogens (tertiary/aromatic N) is 1. The maximum absolute atomic E-state index is 10.4. The predicted molar refractivity (Wildman–Crippen MR) is 56.6 cm³/mol. The molecule has 0 aliphatic rings. The van der Waals surface area contributed by atoms with E-state index in [1.807, 2.05) is 12.1 Å². The van der Waals surface area contributed by atoms with Crippen molar-refractivity contribution in [2.24, 2.45) is 0 Å². The molecule has 0 bridgehead atoms. The summed E-state index contributed by atoms with van der Waals surface area (Å²) in [6.45, 7) is 2.18. The van der Waals surface area contributed by atoms with Crippen LogP contribution in [0.5, 0.6) is 0 Å². The zero-order valence-electron chi connectivity index (χ0n) is 8.28. The van der Waals surface area contributed by atoms with Crippen LogP contribution >= 0.6 is 11.3 Å². The minimum absolute atomic E-state index is 0.526. The molecule has 13 heavy (non-hydrogen) atoms. The number of hydrogen-bond acceptors (Lipinski definition) is 3. The van der Waals surface area contributed by atoms with E-state index in [-0.39, 0.29) is 0 Å². The molecular formula is C10H15NOS. The van der Waals surface area contributed by atoms with Crippen LogP contribution in [-0.4, -0.2) is 31.3 Å². The van der Waals surface area contributed by atoms with Crippen molar-refractivity contribution in [3.8, 4) is 0 Å². The van der Waals surface area contributed by atoms with Gasteiger partial charge < -0.3 is 4.90 Å². The van der Waals surface area contributed by atoms with Gasteiger partial charge in [-0.05, 0) is 39.6 Å². The fourth-order valence-electron chi connectivity index (χ4n) is 1.04. The largest absolute Gasteiger partial charge is 0.306 e. The van der Waals surface area contributed by atoms with E-state index in [0.29, 0.717) is 6.04 Å². The molecule has 0 radical (unpaired) electrons. The Bertz CT molecular complexity index is 280. The van der Waals surface area contributed by atoms with Gasteiger partial charge in [-0.15, -0.1) is 11.3 Å². The normalized spacial score (nSPS) is 13.2. The maximum Gasteiger partial charge on any atom is 0.160 e. The number of carbonyl (C=O) groups excluding carboxylic acids is 1. The van der Waals surface area contributed by atoms with Gasteiger partial charge in [0.2, 0.25) is 0 Å². The minimum Gasteiger partial charge on any atom is -0.306 e. The SMILES string of the molecule is CC(Cc1ccc(C=O)s1)N(C)C. The highest BCUT2D eigenvalue weighted by molar-refractivity contribution is 7.13. The molecule has 0 fully saturated rings. The van der Waals surface area contributed by atoms with Gasteiger partial charge in [-0.2, -0.15) is 0 Å². The van der Waals surface area contributed by atoms with E-state index in [0.717, 1.165) is 17.6 Å². The fourth-order valence-corrected chi connectivity index (χ4v) is 1.99. The summed E-state index contributed by atoms with van der Waals surface area (Å²) in [5, 5.41) is 0. The number of thiophene rings is 1. The van der Waals surface area contributed by atoms with Crippen molar-refractivity contribution in [1.82, 2.24) is 4.90 Å². The van der Waals surface area contributed by atoms with Gasteiger partial charge in [0.25, 0.3) is 0 Å². The Morgan fingerprint density at radius 1 is 1.54 bits per heavy atom. The molecular weight excluding hydrogens is 182 g/mol. The number of likely N-dealkylation sites (N-methyl/N-ethyl adjacent to an activating group) is 1. The van der Waals surface area contributed by atoms with Gasteiger partial charge in [0.1, 0.15) is 0 Å². The lowest BCUT2D eigenvalue weighted by Crippen LogP contribution is -2.26. The molecule has 1 atom stereocenters. The van der Waals surface area contributed by atoms with E-state index in [4.69, 9.17) is 0 Å². The molecule has 1 aromatic rings. The predicted octanol–water partition coefficient (Wildman–Crippen LogP) is 2.05. The Morgan fingerprint density at radius 2 is 2.23 bits per heavy atom. The van der Waals surface area contributed by atoms with Crippen LogP contribution in [0.25, 0.3) is 0 Å². The van der Waals surface area contributed by atoms with E-state index >= 15 is 0 Å². The molecule has 1 rings (SSSR count). The lowest BCUT2D eigenvalue weighted by atomic mass is 10.2. The van der Waals surface area contributed by atoms with E-state index in [1.165, 1.54) is 4.88 Å². The quantitative estimate of drug-likeness (QED) is 0.689. The summed E-state index contributed by atoms with van der Waals surface area (Å²) >= 11 is 1.58. The average Bonchev–Trinajstić information content (AvgIpc) is 2.52. The highest BCUT2D eigenvalue weighted by Crippen LogP contribution is 2.17. The second-order valence-electron chi connectivity index (χ2n) is 3.44. The standard InChI is InChI=1S/C10H15NOS/c1-8(11(2)3)6-9-4-5-10(7-12)13-9/h4-5,7-8H,6H2,1-3H3. The summed E-state index contributed by atoms with van der Waals surface area (Å²) < 4.78 is 0. The van der Waals surface area contributed by atoms with Crippen molar-refractivity contribution >= 4 is 17.6 Å². The van der Waals surface area contributed by atoms with Gasteiger partial charge in [0.05, 0.1) is 4.88 Å². The van der Waals surface area contributed by atoms with Crippen LogP contribution in [0, 0.1) is 0 Å². The third kappa shape index (κ3) is 2.94. The molecule has 3 heteroatoms. The van der Waals surface area contributed by atoms with E-state index in [2.05, 4.69) is 25.9 Å². The van der Waals surface area contributed by atoms with Crippen molar-refractivity contribution in [3.05, 3.63) is 21.9 Å². The van der Waals surface area contributed by atoms with E-state index in [1.54, 1.807) is 11.3 Å². The topological polar surface area (TPSA) is 20.3 Å². The number of hydrogen-bond donors (Lipinski definition) is 0. The van der Waals surface area contributed by atoms with Gasteiger partial charge in [0.15, 0.2) is 6.29 Å². The Hall–Kier alpha value is -0.670. The number of rotatable bonds is 4. The highest BCUT2D eigenvalue weighted by atomic mass is 32.1. The summed E-state index contributed by atoms with van der Waals surface area (Å²) in [6, 6.07) is 4.45. The second kappa shape index (κ2) is 4.53. The van der Waals surface area contributed by atoms with Gasteiger partial charge in [-0.1, -0.05) is 0 Å². The Balaban J connectivity index is 2.58. The Kier molecular flexibility index (Phi) is 3.63. The number of aldehydes is 1. The third-order valence-corrected chi connectivity index (χ3v) is 3.21. The Labute approximate surface area is 83.2 Å². The second-order valence-corrected chi connectivity index (χ2v) is 4.64. The first-order valence-electron chi connectivity index (χ1n) is 4.34. The molecule has 0 saturated carbocycles. The lowest BCUT2D eigenvalue weighted by molar-refractivity contribution is 0.112. The van der Waals surface area contributed by atoms with Gasteiger partial charge in [0, 0.05) is 10.9 Å². The lowest BCUT2D eigenvalue weighted by Gasteiger charge is -2.18. The molecule has 0 aromatic carbocycles. The van der Waals surface area contributed by atoms with Crippen LogP contribution in [0.4, 0.5) is 0 Å². The van der Waals surface area contributed by atoms with Crippen LogP contribution in [-0.2, 0) is 6.42 Å². The smallest absolute Gasteiger partial charge is 0.160 e. The van der Waals surface area contributed by atoms with E-state index < -0.39 is 0 Å². The van der Waals surface area contributed by atoms with Gasteiger partial charge >= 0.3 is 0 Å². The van der Waals surface area contributed by atoms with Crippen LogP contribution in [0.3, 0.4) is 0 Å². The molecule has 1 unspecified atom stereocenters. The summed E-state index contributed by atoms with van der Waals surface area (Å²) in [6.07, 6.45) is 1.93. The van der Waals surface area contributed by atoms with Crippen molar-refractivity contribution in [1.29, 1.82) is 0 Å². The average molecular weight is 197 g/mol. The van der Waals surface area contributed by atoms with Gasteiger partial charge in [-0.25, -0.2) is 0 Å². The number of carbonyl (C=O) groups is 1. The maximum atomic E-state index is 10.4. The molecule has 0 N–H and O–H groups in total. The molecule has 0 spiro atoms. The van der Waals surface area contributed by atoms with Crippen LogP contribution in [0.15, 0.2) is 12.1 Å². The first kappa shape index (κ1) is 10.4. The highest BCUT2D eigenvalue weighted by Gasteiger charge is 2.07. The monoisotopic (exact) mass is 197 g/mol. The minimum atomic E-state index is 0.526. The molecule has 0 aliphatic heterocycles. The first-order valence-corrected chi connectivity index (χ1v) is 5.15. The molecule has 1 heterocycles. The third-order valence-electron chi connectivity index (χ3n) is 2.18. The fraction of sp³-hybridized carbons (Fsp3) is 0.500. The van der Waals surface area contributed by atoms with Crippen molar-refractivity contribution in [3.63, 3.8) is 0 Å². The molecule has 0 saturated heterocycles. The molecule has 72 valence electrons. The van der Waals surface area contributed by atoms with Crippen molar-refractivity contribution in [2.75, 3.05) is 14.1 Å². The zero-order valence-corrected chi connectivity index (χ0v) is 9.10. The van der Waals surface area contributed by atoms with Crippen molar-refractivity contribution < 1.29 is 4.79 Å². The molecule has 1 aromatic heterocycles. The van der Waals surface area contributed by atoms with Crippen LogP contribution in [0.2, 0.25) is 0 Å². The van der Waals surface area contributed by atoms with Crippen molar-refractivity contribution in [2.45, 2.75) is 19.4 Å². The molecule has 0 amide bonds.